The van der Waals surface area contributed by atoms with Crippen molar-refractivity contribution in [3.8, 4) is 0 Å². The number of halogens is 2. The highest BCUT2D eigenvalue weighted by molar-refractivity contribution is 5.68. The Morgan fingerprint density at radius 1 is 1.36 bits per heavy atom. The van der Waals surface area contributed by atoms with Crippen LogP contribution in [-0.4, -0.2) is 5.97 Å². The van der Waals surface area contributed by atoms with Crippen LogP contribution in [0.1, 0.15) is 18.9 Å². The van der Waals surface area contributed by atoms with Gasteiger partial charge in [-0.1, -0.05) is 13.0 Å². The summed E-state index contributed by atoms with van der Waals surface area (Å²) in [7, 11) is 0. The third kappa shape index (κ3) is 2.80. The summed E-state index contributed by atoms with van der Waals surface area (Å²) >= 11 is 0. The largest absolute Gasteiger partial charge is 0.461 e. The molecule has 0 N–H and O–H groups in total. The zero-order chi connectivity index (χ0) is 10.6. The number of ether oxygens (including phenoxy) is 1. The van der Waals surface area contributed by atoms with Gasteiger partial charge in [0.15, 0.2) is 11.6 Å². The lowest BCUT2D eigenvalue weighted by Gasteiger charge is -2.03. The predicted octanol–water partition coefficient (Wildman–Crippen LogP) is 2.42. The van der Waals surface area contributed by atoms with Gasteiger partial charge in [-0.15, -0.1) is 0 Å². The first-order valence-electron chi connectivity index (χ1n) is 4.23. The van der Waals surface area contributed by atoms with E-state index in [1.54, 1.807) is 6.92 Å². The molecular weight excluding hydrogens is 190 g/mol. The first-order valence-corrected chi connectivity index (χ1v) is 4.23. The van der Waals surface area contributed by atoms with Crippen molar-refractivity contribution in [2.75, 3.05) is 0 Å². The van der Waals surface area contributed by atoms with Crippen LogP contribution in [0.2, 0.25) is 0 Å². The van der Waals surface area contributed by atoms with Crippen LogP contribution in [0.25, 0.3) is 0 Å². The van der Waals surface area contributed by atoms with E-state index in [9.17, 15) is 13.6 Å². The lowest BCUT2D eigenvalue weighted by molar-refractivity contribution is -0.144. The normalized spacial score (nSPS) is 9.93. The van der Waals surface area contributed by atoms with E-state index in [1.807, 2.05) is 0 Å². The quantitative estimate of drug-likeness (QED) is 0.700. The molecule has 76 valence electrons. The molecule has 0 atom stereocenters. The van der Waals surface area contributed by atoms with Crippen LogP contribution in [0.3, 0.4) is 0 Å². The molecule has 0 unspecified atom stereocenters. The van der Waals surface area contributed by atoms with Crippen LogP contribution in [0.15, 0.2) is 18.2 Å². The van der Waals surface area contributed by atoms with Gasteiger partial charge in [0.05, 0.1) is 0 Å². The van der Waals surface area contributed by atoms with Crippen molar-refractivity contribution in [2.45, 2.75) is 20.0 Å². The van der Waals surface area contributed by atoms with Crippen LogP contribution in [0.4, 0.5) is 8.78 Å². The molecule has 0 aliphatic heterocycles. The topological polar surface area (TPSA) is 26.3 Å². The number of carbonyl (C=O) groups is 1. The smallest absolute Gasteiger partial charge is 0.305 e. The summed E-state index contributed by atoms with van der Waals surface area (Å²) in [5.41, 5.74) is 0.436. The summed E-state index contributed by atoms with van der Waals surface area (Å²) < 4.78 is 29.9. The molecular formula is C10H10F2O2. The standard InChI is InChI=1S/C10H10F2O2/c1-2-10(13)14-6-7-3-4-8(11)9(12)5-7/h3-5H,2,6H2,1H3. The second kappa shape index (κ2) is 4.69. The number of carbonyl (C=O) groups excluding carboxylic acids is 1. The molecule has 2 nitrogen and oxygen atoms in total. The minimum atomic E-state index is -0.935. The summed E-state index contributed by atoms with van der Waals surface area (Å²) in [6.07, 6.45) is 0.268. The highest BCUT2D eigenvalue weighted by Crippen LogP contribution is 2.09. The third-order valence-corrected chi connectivity index (χ3v) is 1.67. The highest BCUT2D eigenvalue weighted by Gasteiger charge is 2.04. The van der Waals surface area contributed by atoms with E-state index < -0.39 is 11.6 Å². The molecule has 0 aromatic heterocycles. The summed E-state index contributed by atoms with van der Waals surface area (Å²) in [5, 5.41) is 0. The monoisotopic (exact) mass is 200 g/mol. The van der Waals surface area contributed by atoms with E-state index in [-0.39, 0.29) is 19.0 Å². The van der Waals surface area contributed by atoms with Crippen molar-refractivity contribution >= 4 is 5.97 Å². The second-order valence-electron chi connectivity index (χ2n) is 2.76. The Morgan fingerprint density at radius 2 is 2.07 bits per heavy atom. The fraction of sp³-hybridized carbons (Fsp3) is 0.300. The van der Waals surface area contributed by atoms with Crippen molar-refractivity contribution in [3.63, 3.8) is 0 Å². The SMILES string of the molecule is CCC(=O)OCc1ccc(F)c(F)c1. The van der Waals surface area contributed by atoms with Crippen molar-refractivity contribution in [2.24, 2.45) is 0 Å². The van der Waals surface area contributed by atoms with Gasteiger partial charge in [0.2, 0.25) is 0 Å². The summed E-state index contributed by atoms with van der Waals surface area (Å²) in [4.78, 5) is 10.7. The summed E-state index contributed by atoms with van der Waals surface area (Å²) in [5.74, 6) is -2.21. The van der Waals surface area contributed by atoms with Gasteiger partial charge in [0.1, 0.15) is 6.61 Å². The van der Waals surface area contributed by atoms with Crippen molar-refractivity contribution in [3.05, 3.63) is 35.4 Å². The fourth-order valence-electron chi connectivity index (χ4n) is 0.895. The van der Waals surface area contributed by atoms with E-state index in [1.165, 1.54) is 6.07 Å². The van der Waals surface area contributed by atoms with Crippen LogP contribution in [-0.2, 0) is 16.1 Å². The second-order valence-corrected chi connectivity index (χ2v) is 2.76. The highest BCUT2D eigenvalue weighted by atomic mass is 19.2. The van der Waals surface area contributed by atoms with Gasteiger partial charge in [-0.05, 0) is 17.7 Å². The van der Waals surface area contributed by atoms with E-state index in [4.69, 9.17) is 4.74 Å². The molecule has 0 heterocycles. The molecule has 0 saturated carbocycles. The first-order chi connectivity index (χ1) is 6.63. The average molecular weight is 200 g/mol. The molecule has 0 spiro atoms. The van der Waals surface area contributed by atoms with Gasteiger partial charge in [-0.2, -0.15) is 0 Å². The predicted molar refractivity (Wildman–Crippen MR) is 46.4 cm³/mol. The Bertz CT molecular complexity index is 337. The van der Waals surface area contributed by atoms with Crippen molar-refractivity contribution < 1.29 is 18.3 Å². The maximum absolute atomic E-state index is 12.7. The Balaban J connectivity index is 2.60. The zero-order valence-corrected chi connectivity index (χ0v) is 7.72. The summed E-state index contributed by atoms with van der Waals surface area (Å²) in [6, 6.07) is 3.39. The van der Waals surface area contributed by atoms with E-state index >= 15 is 0 Å². The number of hydrogen-bond acceptors (Lipinski definition) is 2. The minimum Gasteiger partial charge on any atom is -0.461 e. The molecule has 14 heavy (non-hydrogen) atoms. The maximum Gasteiger partial charge on any atom is 0.305 e. The number of rotatable bonds is 3. The van der Waals surface area contributed by atoms with Gasteiger partial charge >= 0.3 is 5.97 Å². The van der Waals surface area contributed by atoms with Crippen LogP contribution in [0, 0.1) is 11.6 Å². The molecule has 0 radical (unpaired) electrons. The van der Waals surface area contributed by atoms with Gasteiger partial charge in [-0.3, -0.25) is 4.79 Å². The molecule has 0 amide bonds. The molecule has 4 heteroatoms. The zero-order valence-electron chi connectivity index (χ0n) is 7.72. The Hall–Kier alpha value is -1.45. The molecule has 0 aliphatic carbocycles. The number of hydrogen-bond donors (Lipinski definition) is 0. The lowest BCUT2D eigenvalue weighted by atomic mass is 10.2. The van der Waals surface area contributed by atoms with Crippen LogP contribution >= 0.6 is 0 Å². The number of esters is 1. The minimum absolute atomic E-state index is 0.0239. The Kier molecular flexibility index (Phi) is 3.56. The first kappa shape index (κ1) is 10.6. The molecule has 0 fully saturated rings. The van der Waals surface area contributed by atoms with Crippen LogP contribution < -0.4 is 0 Å². The lowest BCUT2D eigenvalue weighted by Crippen LogP contribution is -2.02. The Labute approximate surface area is 80.5 Å². The van der Waals surface area contributed by atoms with Gasteiger partial charge in [-0.25, -0.2) is 8.78 Å². The molecule has 1 aromatic rings. The van der Waals surface area contributed by atoms with E-state index in [0.29, 0.717) is 5.56 Å². The fourth-order valence-corrected chi connectivity index (χ4v) is 0.895. The van der Waals surface area contributed by atoms with Crippen molar-refractivity contribution in [1.29, 1.82) is 0 Å². The van der Waals surface area contributed by atoms with E-state index in [2.05, 4.69) is 0 Å². The summed E-state index contributed by atoms with van der Waals surface area (Å²) in [6.45, 7) is 1.64. The van der Waals surface area contributed by atoms with Crippen molar-refractivity contribution in [1.82, 2.24) is 0 Å². The van der Waals surface area contributed by atoms with Gasteiger partial charge < -0.3 is 4.74 Å². The number of benzene rings is 1. The van der Waals surface area contributed by atoms with E-state index in [0.717, 1.165) is 12.1 Å². The molecule has 1 rings (SSSR count). The van der Waals surface area contributed by atoms with Gasteiger partial charge in [0, 0.05) is 6.42 Å². The third-order valence-electron chi connectivity index (χ3n) is 1.67. The van der Waals surface area contributed by atoms with Crippen LogP contribution in [0.5, 0.6) is 0 Å². The molecule has 0 aliphatic rings. The molecule has 0 saturated heterocycles. The Morgan fingerprint density at radius 3 is 2.64 bits per heavy atom. The molecule has 1 aromatic carbocycles. The average Bonchev–Trinajstić information content (AvgIpc) is 2.19. The van der Waals surface area contributed by atoms with Gasteiger partial charge in [0.25, 0.3) is 0 Å². The maximum atomic E-state index is 12.7. The molecule has 0 bridgehead atoms.